The van der Waals surface area contributed by atoms with Crippen molar-refractivity contribution in [2.24, 2.45) is 0 Å². The van der Waals surface area contributed by atoms with Crippen molar-refractivity contribution in [2.45, 2.75) is 6.92 Å². The molecule has 0 aliphatic rings. The summed E-state index contributed by atoms with van der Waals surface area (Å²) >= 11 is 0. The van der Waals surface area contributed by atoms with Gasteiger partial charge in [-0.05, 0) is 42.0 Å². The molecular weight excluding hydrogens is 236 g/mol. The average molecular weight is 250 g/mol. The predicted octanol–water partition coefficient (Wildman–Crippen LogP) is 4.23. The second-order valence-electron chi connectivity index (χ2n) is 4.74. The largest absolute Gasteiger partial charge is 0.507 e. The van der Waals surface area contributed by atoms with Crippen molar-refractivity contribution in [3.8, 4) is 22.6 Å². The molecule has 0 amide bonds. The Bertz CT molecular complexity index is 760. The Morgan fingerprint density at radius 3 is 2.05 bits per heavy atom. The summed E-state index contributed by atoms with van der Waals surface area (Å²) < 4.78 is 0. The molecule has 0 bridgehead atoms. The molecule has 2 N–H and O–H groups in total. The van der Waals surface area contributed by atoms with Gasteiger partial charge in [0.2, 0.25) is 0 Å². The lowest BCUT2D eigenvalue weighted by molar-refractivity contribution is 0.469. The molecule has 19 heavy (non-hydrogen) atoms. The summed E-state index contributed by atoms with van der Waals surface area (Å²) in [5.41, 5.74) is 2.35. The monoisotopic (exact) mass is 250 g/mol. The first-order valence-corrected chi connectivity index (χ1v) is 6.17. The van der Waals surface area contributed by atoms with Crippen LogP contribution >= 0.6 is 0 Å². The zero-order valence-electron chi connectivity index (χ0n) is 10.6. The van der Waals surface area contributed by atoms with Gasteiger partial charge in [0.25, 0.3) is 0 Å². The summed E-state index contributed by atoms with van der Waals surface area (Å²) in [5.74, 6) is 0.357. The summed E-state index contributed by atoms with van der Waals surface area (Å²) in [5, 5.41) is 22.2. The predicted molar refractivity (Wildman–Crippen MR) is 77.5 cm³/mol. The molecule has 0 fully saturated rings. The molecule has 0 heterocycles. The van der Waals surface area contributed by atoms with Crippen molar-refractivity contribution in [3.05, 3.63) is 60.2 Å². The van der Waals surface area contributed by atoms with Crippen LogP contribution in [0.3, 0.4) is 0 Å². The molecule has 3 aromatic carbocycles. The van der Waals surface area contributed by atoms with Crippen LogP contribution in [0.15, 0.2) is 54.6 Å². The highest BCUT2D eigenvalue weighted by atomic mass is 16.3. The van der Waals surface area contributed by atoms with Gasteiger partial charge in [-0.3, -0.25) is 0 Å². The molecule has 2 heteroatoms. The third kappa shape index (κ3) is 2.02. The van der Waals surface area contributed by atoms with Crippen molar-refractivity contribution in [1.29, 1.82) is 0 Å². The summed E-state index contributed by atoms with van der Waals surface area (Å²) in [7, 11) is 0. The van der Waals surface area contributed by atoms with E-state index in [4.69, 9.17) is 0 Å². The Morgan fingerprint density at radius 1 is 0.684 bits per heavy atom. The molecule has 0 aliphatic carbocycles. The Balaban J connectivity index is 2.30. The molecule has 0 atom stereocenters. The van der Waals surface area contributed by atoms with Gasteiger partial charge in [-0.25, -0.2) is 0 Å². The van der Waals surface area contributed by atoms with Crippen molar-refractivity contribution in [2.75, 3.05) is 0 Å². The highest BCUT2D eigenvalue weighted by molar-refractivity contribution is 5.91. The highest BCUT2D eigenvalue weighted by Gasteiger charge is 2.10. The van der Waals surface area contributed by atoms with Crippen LogP contribution in [0.4, 0.5) is 0 Å². The minimum absolute atomic E-state index is 0.177. The van der Waals surface area contributed by atoms with E-state index in [9.17, 15) is 10.2 Å². The molecule has 2 nitrogen and oxygen atoms in total. The molecule has 3 aromatic rings. The normalized spacial score (nSPS) is 10.8. The van der Waals surface area contributed by atoms with Crippen LogP contribution in [0.1, 0.15) is 5.56 Å². The van der Waals surface area contributed by atoms with Crippen LogP contribution in [0.2, 0.25) is 0 Å². The molecule has 0 aliphatic heterocycles. The quantitative estimate of drug-likeness (QED) is 0.678. The van der Waals surface area contributed by atoms with E-state index in [1.54, 1.807) is 12.1 Å². The molecule has 3 rings (SSSR count). The zero-order valence-corrected chi connectivity index (χ0v) is 10.6. The van der Waals surface area contributed by atoms with E-state index in [2.05, 4.69) is 0 Å². The second-order valence-corrected chi connectivity index (χ2v) is 4.74. The van der Waals surface area contributed by atoms with E-state index in [0.717, 1.165) is 16.3 Å². The summed E-state index contributed by atoms with van der Waals surface area (Å²) in [6.07, 6.45) is 0. The molecule has 0 saturated heterocycles. The van der Waals surface area contributed by atoms with Crippen molar-refractivity contribution in [3.63, 3.8) is 0 Å². The fourth-order valence-corrected chi connectivity index (χ4v) is 2.31. The fraction of sp³-hybridized carbons (Fsp3) is 0.0588. The standard InChI is InChI=1S/C17H14O2/c1-11-6-7-16(18)14(8-11)15-9-12-4-2-3-5-13(12)10-17(15)19/h2-10,18-19H,1H3. The van der Waals surface area contributed by atoms with Crippen LogP contribution in [-0.2, 0) is 0 Å². The first-order chi connectivity index (χ1) is 9.15. The maximum absolute atomic E-state index is 10.2. The third-order valence-electron chi connectivity index (χ3n) is 3.31. The van der Waals surface area contributed by atoms with E-state index in [-0.39, 0.29) is 11.5 Å². The minimum Gasteiger partial charge on any atom is -0.507 e. The van der Waals surface area contributed by atoms with Gasteiger partial charge in [0.05, 0.1) is 0 Å². The third-order valence-corrected chi connectivity index (χ3v) is 3.31. The first-order valence-electron chi connectivity index (χ1n) is 6.17. The lowest BCUT2D eigenvalue weighted by atomic mass is 9.98. The average Bonchev–Trinajstić information content (AvgIpc) is 2.41. The molecule has 94 valence electrons. The molecule has 0 spiro atoms. The van der Waals surface area contributed by atoms with Crippen LogP contribution in [-0.4, -0.2) is 10.2 Å². The van der Waals surface area contributed by atoms with Crippen LogP contribution in [0, 0.1) is 6.92 Å². The maximum Gasteiger partial charge on any atom is 0.124 e. The van der Waals surface area contributed by atoms with Gasteiger partial charge in [0, 0.05) is 11.1 Å². The number of hydrogen-bond donors (Lipinski definition) is 2. The van der Waals surface area contributed by atoms with Gasteiger partial charge < -0.3 is 10.2 Å². The van der Waals surface area contributed by atoms with Gasteiger partial charge in [0.15, 0.2) is 0 Å². The number of aryl methyl sites for hydroxylation is 1. The van der Waals surface area contributed by atoms with Crippen molar-refractivity contribution >= 4 is 10.8 Å². The number of rotatable bonds is 1. The van der Waals surface area contributed by atoms with Crippen LogP contribution in [0.25, 0.3) is 21.9 Å². The van der Waals surface area contributed by atoms with E-state index < -0.39 is 0 Å². The SMILES string of the molecule is Cc1ccc(O)c(-c2cc3ccccc3cc2O)c1. The maximum atomic E-state index is 10.2. The molecular formula is C17H14O2. The minimum atomic E-state index is 0.177. The van der Waals surface area contributed by atoms with Gasteiger partial charge >= 0.3 is 0 Å². The summed E-state index contributed by atoms with van der Waals surface area (Å²) in [6.45, 7) is 1.96. The topological polar surface area (TPSA) is 40.5 Å². The van der Waals surface area contributed by atoms with Crippen molar-refractivity contribution < 1.29 is 10.2 Å². The van der Waals surface area contributed by atoms with E-state index in [1.807, 2.05) is 49.4 Å². The number of aromatic hydroxyl groups is 2. The summed E-state index contributed by atoms with van der Waals surface area (Å²) in [6, 6.07) is 16.8. The van der Waals surface area contributed by atoms with E-state index >= 15 is 0 Å². The van der Waals surface area contributed by atoms with Crippen molar-refractivity contribution in [1.82, 2.24) is 0 Å². The Hall–Kier alpha value is -2.48. The lowest BCUT2D eigenvalue weighted by Gasteiger charge is -2.10. The summed E-state index contributed by atoms with van der Waals surface area (Å²) in [4.78, 5) is 0. The number of hydrogen-bond acceptors (Lipinski definition) is 2. The first kappa shape index (κ1) is 11.6. The zero-order chi connectivity index (χ0) is 13.4. The van der Waals surface area contributed by atoms with Gasteiger partial charge in [0.1, 0.15) is 11.5 Å². The number of fused-ring (bicyclic) bond motifs is 1. The van der Waals surface area contributed by atoms with Gasteiger partial charge in [-0.2, -0.15) is 0 Å². The lowest BCUT2D eigenvalue weighted by Crippen LogP contribution is -1.83. The van der Waals surface area contributed by atoms with E-state index in [1.165, 1.54) is 0 Å². The Morgan fingerprint density at radius 2 is 1.32 bits per heavy atom. The molecule has 0 unspecified atom stereocenters. The smallest absolute Gasteiger partial charge is 0.124 e. The fourth-order valence-electron chi connectivity index (χ4n) is 2.31. The number of benzene rings is 3. The van der Waals surface area contributed by atoms with E-state index in [0.29, 0.717) is 11.1 Å². The van der Waals surface area contributed by atoms with Crippen LogP contribution < -0.4 is 0 Å². The van der Waals surface area contributed by atoms with Gasteiger partial charge in [-0.15, -0.1) is 0 Å². The Kier molecular flexibility index (Phi) is 2.64. The molecule has 0 radical (unpaired) electrons. The molecule has 0 saturated carbocycles. The second kappa shape index (κ2) is 4.32. The highest BCUT2D eigenvalue weighted by Crippen LogP contribution is 2.38. The number of phenolic OH excluding ortho intramolecular Hbond substituents is 2. The van der Waals surface area contributed by atoms with Gasteiger partial charge in [-0.1, -0.05) is 35.9 Å². The van der Waals surface area contributed by atoms with Crippen LogP contribution in [0.5, 0.6) is 11.5 Å². The molecule has 0 aromatic heterocycles. The number of phenols is 2. The Labute approximate surface area is 111 Å².